The summed E-state index contributed by atoms with van der Waals surface area (Å²) >= 11 is 0. The van der Waals surface area contributed by atoms with E-state index in [1.54, 1.807) is 20.4 Å². The summed E-state index contributed by atoms with van der Waals surface area (Å²) in [5.74, 6) is 3.00. The van der Waals surface area contributed by atoms with E-state index in [9.17, 15) is 0 Å². The second-order valence-electron chi connectivity index (χ2n) is 7.52. The summed E-state index contributed by atoms with van der Waals surface area (Å²) in [6, 6.07) is 7.90. The van der Waals surface area contributed by atoms with Crippen LogP contribution in [0.2, 0.25) is 0 Å². The molecule has 3 rings (SSSR count). The number of nitrogens with zero attached hydrogens (tertiary/aromatic N) is 1. The fourth-order valence-corrected chi connectivity index (χ4v) is 3.38. The third-order valence-electron chi connectivity index (χ3n) is 4.80. The van der Waals surface area contributed by atoms with Crippen LogP contribution in [0.3, 0.4) is 0 Å². The molecule has 0 bridgehead atoms. The molecule has 176 valence electrons. The third-order valence-corrected chi connectivity index (χ3v) is 4.80. The number of ether oxygens (including phenoxy) is 4. The second-order valence-corrected chi connectivity index (χ2v) is 7.52. The molecule has 0 radical (unpaired) electrons. The van der Waals surface area contributed by atoms with E-state index in [-0.39, 0.29) is 24.8 Å². The number of aromatic nitrogens is 1. The van der Waals surface area contributed by atoms with Gasteiger partial charge in [0.1, 0.15) is 5.75 Å². The first-order valence-corrected chi connectivity index (χ1v) is 10.1. The van der Waals surface area contributed by atoms with Gasteiger partial charge in [-0.2, -0.15) is 0 Å². The monoisotopic (exact) mass is 482 g/mol. The standard InChI is InChI=1S/C24H30N2O4.2ClH/c1-6-29-20-8-7-18-17(12-26-13-19(18)23(20)25)9-16-10-21(27-4)24(22(11-16)28-5)30-14-15(2)3;;/h7-8,10-13,15H,6,9,14,25H2,1-5H3;2*1H. The lowest BCUT2D eigenvalue weighted by atomic mass is 9.99. The van der Waals surface area contributed by atoms with E-state index in [4.69, 9.17) is 24.7 Å². The van der Waals surface area contributed by atoms with Crippen molar-refractivity contribution in [3.8, 4) is 23.0 Å². The summed E-state index contributed by atoms with van der Waals surface area (Å²) in [6.07, 6.45) is 4.29. The van der Waals surface area contributed by atoms with Gasteiger partial charge in [0.25, 0.3) is 0 Å². The summed E-state index contributed by atoms with van der Waals surface area (Å²) in [7, 11) is 3.27. The smallest absolute Gasteiger partial charge is 0.203 e. The minimum absolute atomic E-state index is 0. The zero-order valence-corrected chi connectivity index (χ0v) is 20.8. The highest BCUT2D eigenvalue weighted by molar-refractivity contribution is 5.97. The quantitative estimate of drug-likeness (QED) is 0.394. The molecule has 0 unspecified atom stereocenters. The van der Waals surface area contributed by atoms with Crippen LogP contribution in [0.1, 0.15) is 31.9 Å². The van der Waals surface area contributed by atoms with Crippen LogP contribution < -0.4 is 24.7 Å². The average molecular weight is 483 g/mol. The van der Waals surface area contributed by atoms with Gasteiger partial charge in [-0.1, -0.05) is 19.9 Å². The number of nitrogens with two attached hydrogens (primary N) is 1. The number of rotatable bonds is 9. The molecule has 0 aliphatic heterocycles. The van der Waals surface area contributed by atoms with E-state index in [0.717, 1.165) is 21.9 Å². The molecule has 0 saturated heterocycles. The number of benzene rings is 2. The zero-order valence-electron chi connectivity index (χ0n) is 19.1. The van der Waals surface area contributed by atoms with E-state index in [0.29, 0.717) is 54.2 Å². The number of anilines is 1. The molecule has 1 heterocycles. The van der Waals surface area contributed by atoms with Crippen molar-refractivity contribution < 1.29 is 18.9 Å². The molecule has 0 fully saturated rings. The highest BCUT2D eigenvalue weighted by Gasteiger charge is 2.16. The minimum Gasteiger partial charge on any atom is -0.493 e. The van der Waals surface area contributed by atoms with E-state index < -0.39 is 0 Å². The molecule has 2 N–H and O–H groups in total. The zero-order chi connectivity index (χ0) is 21.7. The number of pyridine rings is 1. The molecule has 0 aliphatic rings. The average Bonchev–Trinajstić information content (AvgIpc) is 2.74. The first kappa shape index (κ1) is 27.5. The highest BCUT2D eigenvalue weighted by atomic mass is 35.5. The van der Waals surface area contributed by atoms with Crippen molar-refractivity contribution in [3.05, 3.63) is 47.8 Å². The van der Waals surface area contributed by atoms with Gasteiger partial charge in [0.2, 0.25) is 5.75 Å². The molecular formula is C24H32Cl2N2O4. The first-order chi connectivity index (χ1) is 14.5. The van der Waals surface area contributed by atoms with Gasteiger partial charge in [-0.15, -0.1) is 24.8 Å². The Hall–Kier alpha value is -2.57. The van der Waals surface area contributed by atoms with Crippen LogP contribution in [0, 0.1) is 5.92 Å². The number of halogens is 2. The van der Waals surface area contributed by atoms with Crippen molar-refractivity contribution in [1.29, 1.82) is 0 Å². The molecule has 32 heavy (non-hydrogen) atoms. The first-order valence-electron chi connectivity index (χ1n) is 10.1. The van der Waals surface area contributed by atoms with Crippen LogP contribution in [0.4, 0.5) is 5.69 Å². The predicted molar refractivity (Wildman–Crippen MR) is 135 cm³/mol. The fourth-order valence-electron chi connectivity index (χ4n) is 3.38. The predicted octanol–water partition coefficient (Wildman–Crippen LogP) is 5.70. The third kappa shape index (κ3) is 6.02. The van der Waals surface area contributed by atoms with Crippen LogP contribution in [0.5, 0.6) is 23.0 Å². The normalized spacial score (nSPS) is 10.3. The maximum Gasteiger partial charge on any atom is 0.203 e. The van der Waals surface area contributed by atoms with Crippen LogP contribution >= 0.6 is 24.8 Å². The van der Waals surface area contributed by atoms with Crippen molar-refractivity contribution in [2.24, 2.45) is 5.92 Å². The van der Waals surface area contributed by atoms with Gasteiger partial charge in [0, 0.05) is 17.8 Å². The van der Waals surface area contributed by atoms with Crippen molar-refractivity contribution in [2.45, 2.75) is 27.2 Å². The Bertz CT molecular complexity index is 1000. The lowest BCUT2D eigenvalue weighted by molar-refractivity contribution is 0.243. The topological polar surface area (TPSA) is 75.8 Å². The van der Waals surface area contributed by atoms with E-state index >= 15 is 0 Å². The molecule has 0 saturated carbocycles. The summed E-state index contributed by atoms with van der Waals surface area (Å²) in [5, 5.41) is 1.93. The molecule has 8 heteroatoms. The van der Waals surface area contributed by atoms with Crippen molar-refractivity contribution in [2.75, 3.05) is 33.2 Å². The summed E-state index contributed by atoms with van der Waals surface area (Å²) in [6.45, 7) is 7.29. The summed E-state index contributed by atoms with van der Waals surface area (Å²) in [4.78, 5) is 4.40. The molecule has 0 amide bonds. The van der Waals surface area contributed by atoms with E-state index in [2.05, 4.69) is 18.8 Å². The number of hydrogen-bond donors (Lipinski definition) is 1. The molecule has 0 spiro atoms. The van der Waals surface area contributed by atoms with Crippen LogP contribution in [-0.2, 0) is 6.42 Å². The Morgan fingerprint density at radius 2 is 1.56 bits per heavy atom. The van der Waals surface area contributed by atoms with Gasteiger partial charge in [-0.3, -0.25) is 4.98 Å². The molecule has 3 aromatic rings. The number of nitrogen functional groups attached to an aromatic ring is 1. The Labute approximate surface area is 202 Å². The fraction of sp³-hybridized carbons (Fsp3) is 0.375. The van der Waals surface area contributed by atoms with Crippen molar-refractivity contribution in [3.63, 3.8) is 0 Å². The molecular weight excluding hydrogens is 451 g/mol. The van der Waals surface area contributed by atoms with Gasteiger partial charge in [0.15, 0.2) is 11.5 Å². The largest absolute Gasteiger partial charge is 0.493 e. The molecule has 2 aromatic carbocycles. The molecule has 0 aliphatic carbocycles. The van der Waals surface area contributed by atoms with E-state index in [1.807, 2.05) is 37.4 Å². The van der Waals surface area contributed by atoms with E-state index in [1.165, 1.54) is 0 Å². The van der Waals surface area contributed by atoms with Crippen molar-refractivity contribution in [1.82, 2.24) is 4.98 Å². The second kappa shape index (κ2) is 12.5. The SMILES string of the molecule is CCOc1ccc2c(Cc3cc(OC)c(OCC(C)C)c(OC)c3)cncc2c1N.Cl.Cl. The lowest BCUT2D eigenvalue weighted by Crippen LogP contribution is -2.07. The summed E-state index contributed by atoms with van der Waals surface area (Å²) in [5.41, 5.74) is 9.01. The Morgan fingerprint density at radius 3 is 2.12 bits per heavy atom. The van der Waals surface area contributed by atoms with Gasteiger partial charge in [-0.05, 0) is 54.0 Å². The Kier molecular flexibility index (Phi) is 10.7. The number of hydrogen-bond acceptors (Lipinski definition) is 6. The highest BCUT2D eigenvalue weighted by Crippen LogP contribution is 2.40. The molecule has 6 nitrogen and oxygen atoms in total. The number of fused-ring (bicyclic) bond motifs is 1. The van der Waals surface area contributed by atoms with Crippen molar-refractivity contribution >= 4 is 41.3 Å². The summed E-state index contributed by atoms with van der Waals surface area (Å²) < 4.78 is 22.7. The van der Waals surface area contributed by atoms with Gasteiger partial charge in [-0.25, -0.2) is 0 Å². The minimum atomic E-state index is 0. The van der Waals surface area contributed by atoms with Gasteiger partial charge in [0.05, 0.1) is 33.1 Å². The lowest BCUT2D eigenvalue weighted by Gasteiger charge is -2.17. The maximum atomic E-state index is 6.31. The number of methoxy groups -OCH3 is 2. The van der Waals surface area contributed by atoms with Crippen LogP contribution in [0.15, 0.2) is 36.7 Å². The molecule has 0 atom stereocenters. The van der Waals surface area contributed by atoms with Gasteiger partial charge >= 0.3 is 0 Å². The Morgan fingerprint density at radius 1 is 0.906 bits per heavy atom. The van der Waals surface area contributed by atoms with Gasteiger partial charge < -0.3 is 24.7 Å². The van der Waals surface area contributed by atoms with Crippen LogP contribution in [-0.4, -0.2) is 32.4 Å². The maximum absolute atomic E-state index is 6.31. The van der Waals surface area contributed by atoms with Crippen LogP contribution in [0.25, 0.3) is 10.8 Å². The Balaban J connectivity index is 0.00000256. The molecule has 1 aromatic heterocycles.